The lowest BCUT2D eigenvalue weighted by Gasteiger charge is -2.28. The summed E-state index contributed by atoms with van der Waals surface area (Å²) in [6, 6.07) is 26.2. The molecule has 184 valence electrons. The van der Waals surface area contributed by atoms with Gasteiger partial charge >= 0.3 is 0 Å². The number of nitrogens with one attached hydrogen (secondary N) is 1. The molecule has 1 aliphatic rings. The number of para-hydroxylation sites is 1. The second-order valence-electron chi connectivity index (χ2n) is 8.71. The van der Waals surface area contributed by atoms with E-state index in [1.165, 1.54) is 17.3 Å². The summed E-state index contributed by atoms with van der Waals surface area (Å²) in [6.45, 7) is 6.77. The highest BCUT2D eigenvalue weighted by Crippen LogP contribution is 2.32. The van der Waals surface area contributed by atoms with Crippen LogP contribution in [0.3, 0.4) is 0 Å². The van der Waals surface area contributed by atoms with Crippen molar-refractivity contribution in [2.24, 2.45) is 0 Å². The first kappa shape index (κ1) is 24.1. The zero-order valence-corrected chi connectivity index (χ0v) is 21.2. The van der Waals surface area contributed by atoms with Crippen molar-refractivity contribution in [2.75, 3.05) is 36.5 Å². The van der Waals surface area contributed by atoms with Gasteiger partial charge in [-0.3, -0.25) is 9.36 Å². The van der Waals surface area contributed by atoms with E-state index in [0.29, 0.717) is 18.4 Å². The lowest BCUT2D eigenvalue weighted by Crippen LogP contribution is -2.38. The van der Waals surface area contributed by atoms with Crippen LogP contribution in [-0.4, -0.2) is 52.2 Å². The van der Waals surface area contributed by atoms with E-state index in [1.54, 1.807) is 0 Å². The minimum absolute atomic E-state index is 0.0882. The van der Waals surface area contributed by atoms with Crippen molar-refractivity contribution in [1.82, 2.24) is 14.8 Å². The molecule has 1 aromatic heterocycles. The molecule has 0 aliphatic carbocycles. The van der Waals surface area contributed by atoms with Gasteiger partial charge in [0.05, 0.1) is 24.2 Å². The molecule has 1 atom stereocenters. The SMILES string of the molecule is Cc1ccc(-n2c(S[C@@H](C)C(=O)Nc3ccccc3-c3ccccc3)nnc2N2CCOCC2)cc1. The second-order valence-corrected chi connectivity index (χ2v) is 10.0. The Labute approximate surface area is 215 Å². The molecule has 1 amide bonds. The Bertz CT molecular complexity index is 1320. The quantitative estimate of drug-likeness (QED) is 0.353. The van der Waals surface area contributed by atoms with Crippen LogP contribution in [-0.2, 0) is 9.53 Å². The number of benzene rings is 3. The number of thioether (sulfide) groups is 1. The number of amides is 1. The van der Waals surface area contributed by atoms with Gasteiger partial charge in [-0.05, 0) is 37.6 Å². The highest BCUT2D eigenvalue weighted by Gasteiger charge is 2.25. The van der Waals surface area contributed by atoms with Crippen LogP contribution >= 0.6 is 11.8 Å². The zero-order valence-electron chi connectivity index (χ0n) is 20.4. The topological polar surface area (TPSA) is 72.3 Å². The number of rotatable bonds is 7. The number of aromatic nitrogens is 3. The number of carbonyl (C=O) groups is 1. The first-order valence-electron chi connectivity index (χ1n) is 12.1. The van der Waals surface area contributed by atoms with Crippen molar-refractivity contribution in [3.63, 3.8) is 0 Å². The molecule has 0 radical (unpaired) electrons. The van der Waals surface area contributed by atoms with Crippen molar-refractivity contribution in [1.29, 1.82) is 0 Å². The van der Waals surface area contributed by atoms with Gasteiger partial charge in [0, 0.05) is 24.3 Å². The number of nitrogens with zero attached hydrogens (tertiary/aromatic N) is 4. The molecule has 0 unspecified atom stereocenters. The second kappa shape index (κ2) is 11.0. The van der Waals surface area contributed by atoms with Crippen LogP contribution in [0.25, 0.3) is 16.8 Å². The van der Waals surface area contributed by atoms with Crippen molar-refractivity contribution < 1.29 is 9.53 Å². The van der Waals surface area contributed by atoms with Crippen LogP contribution < -0.4 is 10.2 Å². The maximum absolute atomic E-state index is 13.3. The Morgan fingerprint density at radius 2 is 1.64 bits per heavy atom. The standard InChI is InChI=1S/C28H29N5O2S/c1-20-12-14-23(15-13-20)33-27(32-16-18-35-19-17-32)30-31-28(33)36-21(2)26(34)29-25-11-7-6-10-24(25)22-8-4-3-5-9-22/h3-15,21H,16-19H2,1-2H3,(H,29,34)/t21-/m0/s1. The third-order valence-electron chi connectivity index (χ3n) is 6.12. The van der Waals surface area contributed by atoms with E-state index >= 15 is 0 Å². The van der Waals surface area contributed by atoms with Gasteiger partial charge in [0.15, 0.2) is 5.16 Å². The largest absolute Gasteiger partial charge is 0.378 e. The monoisotopic (exact) mass is 499 g/mol. The predicted octanol–water partition coefficient (Wildman–Crippen LogP) is 5.20. The highest BCUT2D eigenvalue weighted by atomic mass is 32.2. The Morgan fingerprint density at radius 3 is 2.39 bits per heavy atom. The van der Waals surface area contributed by atoms with Gasteiger partial charge in [0.1, 0.15) is 0 Å². The average Bonchev–Trinajstić information content (AvgIpc) is 3.34. The Morgan fingerprint density at radius 1 is 0.944 bits per heavy atom. The number of hydrogen-bond acceptors (Lipinski definition) is 6. The Hall–Kier alpha value is -3.62. The molecule has 1 N–H and O–H groups in total. The molecule has 2 heterocycles. The summed E-state index contributed by atoms with van der Waals surface area (Å²) < 4.78 is 7.57. The fourth-order valence-corrected chi connectivity index (χ4v) is 5.00. The van der Waals surface area contributed by atoms with Gasteiger partial charge in [-0.15, -0.1) is 10.2 Å². The Kier molecular flexibility index (Phi) is 7.34. The van der Waals surface area contributed by atoms with E-state index in [-0.39, 0.29) is 11.2 Å². The van der Waals surface area contributed by atoms with Gasteiger partial charge in [-0.1, -0.05) is 78.0 Å². The molecule has 8 heteroatoms. The molecule has 3 aromatic carbocycles. The zero-order chi connectivity index (χ0) is 24.9. The molecule has 4 aromatic rings. The molecule has 5 rings (SSSR count). The van der Waals surface area contributed by atoms with Gasteiger partial charge in [0.2, 0.25) is 11.9 Å². The molecule has 1 aliphatic heterocycles. The minimum atomic E-state index is -0.389. The van der Waals surface area contributed by atoms with Crippen molar-refractivity contribution in [2.45, 2.75) is 24.3 Å². The lowest BCUT2D eigenvalue weighted by atomic mass is 10.0. The fourth-order valence-electron chi connectivity index (χ4n) is 4.13. The van der Waals surface area contributed by atoms with E-state index < -0.39 is 0 Å². The maximum Gasteiger partial charge on any atom is 0.237 e. The van der Waals surface area contributed by atoms with Crippen LogP contribution in [0.2, 0.25) is 0 Å². The summed E-state index contributed by atoms with van der Waals surface area (Å²) in [5, 5.41) is 12.4. The smallest absolute Gasteiger partial charge is 0.237 e. The lowest BCUT2D eigenvalue weighted by molar-refractivity contribution is -0.115. The minimum Gasteiger partial charge on any atom is -0.378 e. The van der Waals surface area contributed by atoms with E-state index in [1.807, 2.05) is 66.1 Å². The number of hydrogen-bond donors (Lipinski definition) is 1. The van der Waals surface area contributed by atoms with E-state index in [2.05, 4.69) is 51.6 Å². The molecule has 0 bridgehead atoms. The van der Waals surface area contributed by atoms with Crippen LogP contribution in [0.1, 0.15) is 12.5 Å². The first-order valence-corrected chi connectivity index (χ1v) is 13.0. The molecular formula is C28H29N5O2S. The van der Waals surface area contributed by atoms with E-state index in [4.69, 9.17) is 4.74 Å². The molecule has 1 fully saturated rings. The number of aryl methyl sites for hydroxylation is 1. The van der Waals surface area contributed by atoms with Gasteiger partial charge in [-0.25, -0.2) is 0 Å². The Balaban J connectivity index is 1.39. The summed E-state index contributed by atoms with van der Waals surface area (Å²) in [6.07, 6.45) is 0. The first-order chi connectivity index (χ1) is 17.6. The molecule has 0 saturated carbocycles. The van der Waals surface area contributed by atoms with E-state index in [9.17, 15) is 4.79 Å². The van der Waals surface area contributed by atoms with Crippen molar-refractivity contribution >= 4 is 29.3 Å². The van der Waals surface area contributed by atoms with Gasteiger partial charge in [0.25, 0.3) is 0 Å². The average molecular weight is 500 g/mol. The third kappa shape index (κ3) is 5.29. The molecule has 7 nitrogen and oxygen atoms in total. The number of carbonyl (C=O) groups excluding carboxylic acids is 1. The number of morpholine rings is 1. The summed E-state index contributed by atoms with van der Waals surface area (Å²) in [4.78, 5) is 15.5. The van der Waals surface area contributed by atoms with Crippen LogP contribution in [0.15, 0.2) is 84.0 Å². The number of ether oxygens (including phenoxy) is 1. The summed E-state index contributed by atoms with van der Waals surface area (Å²) >= 11 is 1.40. The predicted molar refractivity (Wildman–Crippen MR) is 145 cm³/mol. The third-order valence-corrected chi connectivity index (χ3v) is 7.17. The van der Waals surface area contributed by atoms with Crippen LogP contribution in [0.4, 0.5) is 11.6 Å². The summed E-state index contributed by atoms with van der Waals surface area (Å²) in [5.41, 5.74) is 4.98. The van der Waals surface area contributed by atoms with Crippen molar-refractivity contribution in [3.8, 4) is 16.8 Å². The van der Waals surface area contributed by atoms with Crippen LogP contribution in [0, 0.1) is 6.92 Å². The molecule has 36 heavy (non-hydrogen) atoms. The number of anilines is 2. The molecule has 0 spiro atoms. The summed E-state index contributed by atoms with van der Waals surface area (Å²) in [5.74, 6) is 0.682. The molecule has 1 saturated heterocycles. The molecular weight excluding hydrogens is 470 g/mol. The highest BCUT2D eigenvalue weighted by molar-refractivity contribution is 8.00. The van der Waals surface area contributed by atoms with E-state index in [0.717, 1.165) is 41.5 Å². The van der Waals surface area contributed by atoms with Gasteiger partial charge in [-0.2, -0.15) is 0 Å². The fraction of sp³-hybridized carbons (Fsp3) is 0.250. The summed E-state index contributed by atoms with van der Waals surface area (Å²) in [7, 11) is 0. The van der Waals surface area contributed by atoms with Gasteiger partial charge < -0.3 is 15.0 Å². The maximum atomic E-state index is 13.3. The normalized spacial score (nSPS) is 14.4. The van der Waals surface area contributed by atoms with Crippen molar-refractivity contribution in [3.05, 3.63) is 84.4 Å². The van der Waals surface area contributed by atoms with Crippen LogP contribution in [0.5, 0.6) is 0 Å².